The number of aromatic nitrogens is 2. The van der Waals surface area contributed by atoms with Crippen molar-refractivity contribution in [1.29, 1.82) is 0 Å². The number of carbonyl (C=O) groups excluding carboxylic acids is 2. The van der Waals surface area contributed by atoms with Crippen molar-refractivity contribution >= 4 is 33.5 Å². The molecule has 9 nitrogen and oxygen atoms in total. The van der Waals surface area contributed by atoms with Crippen LogP contribution in [0.15, 0.2) is 29.6 Å². The normalized spacial score (nSPS) is 11.5. The maximum Gasteiger partial charge on any atom is 0.333 e. The minimum atomic E-state index is -4.37. The number of nitrogens with zero attached hydrogens (tertiary/aromatic N) is 2. The first-order valence-corrected chi connectivity index (χ1v) is 10.7. The summed E-state index contributed by atoms with van der Waals surface area (Å²) in [4.78, 5) is 31.1. The Morgan fingerprint density at radius 2 is 1.57 bits per heavy atom. The molecule has 0 fully saturated rings. The largest absolute Gasteiger partial charge is 0.333 e. The number of anilines is 2. The van der Waals surface area contributed by atoms with Gasteiger partial charge in [-0.3, -0.25) is 9.78 Å². The molecule has 1 heterocycles. The fraction of sp³-hybridized carbons (Fsp3) is 0.368. The molecule has 0 aliphatic carbocycles. The summed E-state index contributed by atoms with van der Waals surface area (Å²) < 4.78 is 40.9. The molecule has 0 saturated carbocycles. The third-order valence-corrected chi connectivity index (χ3v) is 5.27. The van der Waals surface area contributed by atoms with Crippen LogP contribution in [0.3, 0.4) is 0 Å². The highest BCUT2D eigenvalue weighted by molar-refractivity contribution is 7.90. The molecule has 2 aromatic rings. The third-order valence-electron chi connectivity index (χ3n) is 4.07. The third kappa shape index (κ3) is 5.72. The van der Waals surface area contributed by atoms with Crippen molar-refractivity contribution in [1.82, 2.24) is 14.7 Å². The van der Waals surface area contributed by atoms with Crippen molar-refractivity contribution in [3.63, 3.8) is 0 Å². The topological polar surface area (TPSA) is 130 Å². The van der Waals surface area contributed by atoms with Gasteiger partial charge in [-0.15, -0.1) is 0 Å². The Kier molecular flexibility index (Phi) is 7.08. The summed E-state index contributed by atoms with van der Waals surface area (Å²) in [6.07, 6.45) is 2.11. The van der Waals surface area contributed by atoms with E-state index in [4.69, 9.17) is 0 Å². The van der Waals surface area contributed by atoms with E-state index in [1.54, 1.807) is 0 Å². The van der Waals surface area contributed by atoms with Crippen molar-refractivity contribution in [2.75, 3.05) is 10.6 Å². The number of carbonyl (C=O) groups is 2. The average molecular weight is 437 g/mol. The zero-order valence-corrected chi connectivity index (χ0v) is 18.1. The standard InChI is InChI=1S/C19H24FN5O4S/c1-10(2)14-6-13(20)7-15(11(3)4)18(14)24-19(27)25-30(28,29)17-9-21-8-16(23-17)22-12(5)26/h6-11H,1-5H3,(H,22,23,26)(H2,24,25,27). The van der Waals surface area contributed by atoms with Gasteiger partial charge in [-0.05, 0) is 35.1 Å². The summed E-state index contributed by atoms with van der Waals surface area (Å²) in [5, 5.41) is 4.30. The second kappa shape index (κ2) is 9.16. The van der Waals surface area contributed by atoms with Gasteiger partial charge in [-0.1, -0.05) is 27.7 Å². The van der Waals surface area contributed by atoms with Crippen LogP contribution in [-0.4, -0.2) is 30.3 Å². The van der Waals surface area contributed by atoms with Crippen LogP contribution in [-0.2, 0) is 14.8 Å². The number of rotatable bonds is 6. The van der Waals surface area contributed by atoms with Crippen molar-refractivity contribution in [2.24, 2.45) is 0 Å². The Morgan fingerprint density at radius 1 is 1.00 bits per heavy atom. The van der Waals surface area contributed by atoms with Gasteiger partial charge in [0.15, 0.2) is 10.8 Å². The molecule has 0 aliphatic rings. The minimum absolute atomic E-state index is 0.0755. The number of hydrogen-bond donors (Lipinski definition) is 3. The van der Waals surface area contributed by atoms with Crippen LogP contribution in [0, 0.1) is 5.82 Å². The van der Waals surface area contributed by atoms with E-state index in [-0.39, 0.29) is 17.7 Å². The van der Waals surface area contributed by atoms with Crippen LogP contribution in [0.4, 0.5) is 20.7 Å². The van der Waals surface area contributed by atoms with E-state index in [9.17, 15) is 22.4 Å². The first-order chi connectivity index (χ1) is 13.9. The second-order valence-electron chi connectivity index (χ2n) is 7.25. The molecule has 0 atom stereocenters. The van der Waals surface area contributed by atoms with Gasteiger partial charge >= 0.3 is 6.03 Å². The predicted molar refractivity (Wildman–Crippen MR) is 110 cm³/mol. The quantitative estimate of drug-likeness (QED) is 0.635. The van der Waals surface area contributed by atoms with Crippen molar-refractivity contribution < 1.29 is 22.4 Å². The molecule has 0 spiro atoms. The molecule has 162 valence electrons. The van der Waals surface area contributed by atoms with E-state index in [1.165, 1.54) is 25.3 Å². The molecule has 0 radical (unpaired) electrons. The minimum Gasteiger partial charge on any atom is -0.310 e. The smallest absolute Gasteiger partial charge is 0.310 e. The summed E-state index contributed by atoms with van der Waals surface area (Å²) in [7, 11) is -4.37. The first kappa shape index (κ1) is 23.2. The maximum atomic E-state index is 14.0. The maximum absolute atomic E-state index is 14.0. The second-order valence-corrected chi connectivity index (χ2v) is 8.88. The number of halogens is 1. The molecule has 2 rings (SSSR count). The molecule has 3 N–H and O–H groups in total. The van der Waals surface area contributed by atoms with E-state index < -0.39 is 32.8 Å². The summed E-state index contributed by atoms with van der Waals surface area (Å²) >= 11 is 0. The van der Waals surface area contributed by atoms with Gasteiger partial charge < -0.3 is 10.6 Å². The molecule has 0 bridgehead atoms. The fourth-order valence-electron chi connectivity index (χ4n) is 2.74. The van der Waals surface area contributed by atoms with Crippen LogP contribution in [0.25, 0.3) is 0 Å². The highest BCUT2D eigenvalue weighted by Crippen LogP contribution is 2.33. The lowest BCUT2D eigenvalue weighted by atomic mass is 9.92. The van der Waals surface area contributed by atoms with Gasteiger partial charge in [0, 0.05) is 12.6 Å². The fourth-order valence-corrected chi connectivity index (χ4v) is 3.55. The van der Waals surface area contributed by atoms with E-state index in [0.29, 0.717) is 16.8 Å². The Labute approximate surface area is 174 Å². The number of sulfonamides is 1. The van der Waals surface area contributed by atoms with E-state index >= 15 is 0 Å². The van der Waals surface area contributed by atoms with E-state index in [1.807, 2.05) is 32.4 Å². The molecule has 0 saturated heterocycles. The zero-order valence-electron chi connectivity index (χ0n) is 17.3. The average Bonchev–Trinajstić information content (AvgIpc) is 2.61. The monoisotopic (exact) mass is 437 g/mol. The van der Waals surface area contributed by atoms with Gasteiger partial charge in [0.25, 0.3) is 10.0 Å². The van der Waals surface area contributed by atoms with Crippen molar-refractivity contribution in [3.8, 4) is 0 Å². The van der Waals surface area contributed by atoms with Gasteiger partial charge in [0.2, 0.25) is 5.91 Å². The number of amides is 3. The number of hydrogen-bond acceptors (Lipinski definition) is 6. The molecule has 11 heteroatoms. The van der Waals surface area contributed by atoms with Gasteiger partial charge in [0.05, 0.1) is 12.4 Å². The van der Waals surface area contributed by atoms with E-state index in [2.05, 4.69) is 20.6 Å². The van der Waals surface area contributed by atoms with Crippen LogP contribution < -0.4 is 15.4 Å². The van der Waals surface area contributed by atoms with Gasteiger partial charge in [-0.25, -0.2) is 18.9 Å². The van der Waals surface area contributed by atoms with Crippen LogP contribution in [0.2, 0.25) is 0 Å². The summed E-state index contributed by atoms with van der Waals surface area (Å²) in [6.45, 7) is 8.57. The highest BCUT2D eigenvalue weighted by Gasteiger charge is 2.23. The van der Waals surface area contributed by atoms with E-state index in [0.717, 1.165) is 6.20 Å². The molecular formula is C19H24FN5O4S. The Hall–Kier alpha value is -3.08. The van der Waals surface area contributed by atoms with Crippen LogP contribution in [0.5, 0.6) is 0 Å². The lowest BCUT2D eigenvalue weighted by Gasteiger charge is -2.20. The molecular weight excluding hydrogens is 413 g/mol. The first-order valence-electron chi connectivity index (χ1n) is 9.17. The molecule has 0 unspecified atom stereocenters. The number of urea groups is 1. The SMILES string of the molecule is CC(=O)Nc1cncc(S(=O)(=O)NC(=O)Nc2c(C(C)C)cc(F)cc2C(C)C)n1. The highest BCUT2D eigenvalue weighted by atomic mass is 32.2. The molecule has 3 amide bonds. The molecule has 1 aromatic heterocycles. The zero-order chi connectivity index (χ0) is 22.6. The summed E-state index contributed by atoms with van der Waals surface area (Å²) in [5.74, 6) is -1.21. The Bertz CT molecular complexity index is 1040. The summed E-state index contributed by atoms with van der Waals surface area (Å²) in [5.41, 5.74) is 1.43. The predicted octanol–water partition coefficient (Wildman–Crippen LogP) is 3.33. The Balaban J connectivity index is 2.32. The van der Waals surface area contributed by atoms with Crippen LogP contribution >= 0.6 is 0 Å². The number of benzene rings is 1. The Morgan fingerprint density at radius 3 is 2.07 bits per heavy atom. The molecule has 30 heavy (non-hydrogen) atoms. The number of nitrogens with one attached hydrogen (secondary N) is 3. The van der Waals surface area contributed by atoms with Crippen molar-refractivity contribution in [3.05, 3.63) is 41.5 Å². The lowest BCUT2D eigenvalue weighted by Crippen LogP contribution is -2.35. The summed E-state index contributed by atoms with van der Waals surface area (Å²) in [6, 6.07) is 1.59. The van der Waals surface area contributed by atoms with Gasteiger partial charge in [-0.2, -0.15) is 8.42 Å². The molecule has 0 aliphatic heterocycles. The lowest BCUT2D eigenvalue weighted by molar-refractivity contribution is -0.114. The molecule has 1 aromatic carbocycles. The van der Waals surface area contributed by atoms with Crippen molar-refractivity contribution in [2.45, 2.75) is 51.5 Å². The van der Waals surface area contributed by atoms with Crippen LogP contribution in [0.1, 0.15) is 57.6 Å². The van der Waals surface area contributed by atoms with Gasteiger partial charge in [0.1, 0.15) is 5.82 Å².